The summed E-state index contributed by atoms with van der Waals surface area (Å²) in [4.78, 5) is 12.9. The summed E-state index contributed by atoms with van der Waals surface area (Å²) in [6.07, 6.45) is 3.72. The lowest BCUT2D eigenvalue weighted by Crippen LogP contribution is -2.53. The number of nitrogens with one attached hydrogen (secondary N) is 1. The Kier molecular flexibility index (Phi) is 5.11. The smallest absolute Gasteiger partial charge is 0.324 e. The molecule has 110 valence electrons. The van der Waals surface area contributed by atoms with Crippen LogP contribution in [0.4, 0.5) is 0 Å². The second-order valence-corrected chi connectivity index (χ2v) is 6.66. The lowest BCUT2D eigenvalue weighted by atomic mass is 9.85. The van der Waals surface area contributed by atoms with E-state index in [0.717, 1.165) is 31.4 Å². The maximum atomic E-state index is 11.6. The van der Waals surface area contributed by atoms with Gasteiger partial charge in [-0.3, -0.25) is 4.79 Å². The van der Waals surface area contributed by atoms with Crippen LogP contribution in [0.15, 0.2) is 29.2 Å². The van der Waals surface area contributed by atoms with E-state index in [4.69, 9.17) is 0 Å². The molecule has 2 N–H and O–H groups in total. The zero-order chi connectivity index (χ0) is 14.6. The van der Waals surface area contributed by atoms with Gasteiger partial charge in [0.15, 0.2) is 0 Å². The van der Waals surface area contributed by atoms with Gasteiger partial charge < -0.3 is 10.4 Å². The van der Waals surface area contributed by atoms with Crippen LogP contribution in [-0.4, -0.2) is 29.4 Å². The molecule has 0 saturated heterocycles. The first kappa shape index (κ1) is 15.4. The Morgan fingerprint density at radius 1 is 1.50 bits per heavy atom. The molecule has 1 aromatic rings. The van der Waals surface area contributed by atoms with Gasteiger partial charge in [0.25, 0.3) is 0 Å². The molecule has 1 saturated carbocycles. The fraction of sp³-hybridized carbons (Fsp3) is 0.562. The van der Waals surface area contributed by atoms with Crippen molar-refractivity contribution in [1.29, 1.82) is 0 Å². The van der Waals surface area contributed by atoms with Crippen LogP contribution in [-0.2, 0) is 4.79 Å². The van der Waals surface area contributed by atoms with Gasteiger partial charge in [0.05, 0.1) is 0 Å². The van der Waals surface area contributed by atoms with Crippen molar-refractivity contribution in [3.05, 3.63) is 29.8 Å². The summed E-state index contributed by atoms with van der Waals surface area (Å²) in [6.45, 7) is 2.12. The lowest BCUT2D eigenvalue weighted by molar-refractivity contribution is -0.146. The van der Waals surface area contributed by atoms with Gasteiger partial charge in [0.2, 0.25) is 0 Å². The van der Waals surface area contributed by atoms with Crippen LogP contribution < -0.4 is 5.32 Å². The number of aryl methyl sites for hydroxylation is 1. The summed E-state index contributed by atoms with van der Waals surface area (Å²) in [5, 5.41) is 12.6. The number of thioether (sulfide) groups is 1. The number of carboxylic acids is 1. The second-order valence-electron chi connectivity index (χ2n) is 5.52. The number of carbonyl (C=O) groups is 1. The maximum Gasteiger partial charge on any atom is 0.324 e. The van der Waals surface area contributed by atoms with Gasteiger partial charge >= 0.3 is 5.97 Å². The summed E-state index contributed by atoms with van der Waals surface area (Å²) in [6, 6.07) is 8.36. The molecule has 2 unspecified atom stereocenters. The molecule has 0 aliphatic heterocycles. The van der Waals surface area contributed by atoms with E-state index in [1.54, 1.807) is 7.05 Å². The minimum Gasteiger partial charge on any atom is -0.480 e. The Morgan fingerprint density at radius 3 is 2.90 bits per heavy atom. The molecule has 0 radical (unpaired) electrons. The van der Waals surface area contributed by atoms with Crippen molar-refractivity contribution in [1.82, 2.24) is 5.32 Å². The van der Waals surface area contributed by atoms with E-state index in [9.17, 15) is 9.90 Å². The summed E-state index contributed by atoms with van der Waals surface area (Å²) < 4.78 is 0. The molecule has 0 amide bonds. The molecule has 1 aliphatic carbocycles. The molecule has 1 aliphatic rings. The molecule has 4 heteroatoms. The first-order chi connectivity index (χ1) is 9.60. The SMILES string of the molecule is CNC1(C(=O)O)CCCC1CCSc1ccccc1C. The fourth-order valence-corrected chi connectivity index (χ4v) is 4.31. The number of likely N-dealkylation sites (N-methyl/N-ethyl adjacent to an activating group) is 1. The number of benzene rings is 1. The van der Waals surface area contributed by atoms with Crippen molar-refractivity contribution in [3.63, 3.8) is 0 Å². The fourth-order valence-electron chi connectivity index (χ4n) is 3.22. The Balaban J connectivity index is 1.94. The van der Waals surface area contributed by atoms with Crippen molar-refractivity contribution in [2.45, 2.75) is 43.0 Å². The number of hydrogen-bond donors (Lipinski definition) is 2. The lowest BCUT2D eigenvalue weighted by Gasteiger charge is -2.31. The van der Waals surface area contributed by atoms with Crippen molar-refractivity contribution in [2.24, 2.45) is 5.92 Å². The topological polar surface area (TPSA) is 49.3 Å². The predicted molar refractivity (Wildman–Crippen MR) is 83.3 cm³/mol. The van der Waals surface area contributed by atoms with Gasteiger partial charge in [-0.1, -0.05) is 24.6 Å². The molecule has 3 nitrogen and oxygen atoms in total. The molecule has 2 atom stereocenters. The highest BCUT2D eigenvalue weighted by Crippen LogP contribution is 2.39. The first-order valence-corrected chi connectivity index (χ1v) is 8.19. The third kappa shape index (κ3) is 3.01. The molecule has 0 heterocycles. The highest BCUT2D eigenvalue weighted by atomic mass is 32.2. The molecular formula is C16H23NO2S. The van der Waals surface area contributed by atoms with E-state index < -0.39 is 11.5 Å². The number of carboxylic acid groups (broad SMARTS) is 1. The molecule has 0 spiro atoms. The molecule has 1 aromatic carbocycles. The molecule has 0 bridgehead atoms. The first-order valence-electron chi connectivity index (χ1n) is 7.21. The summed E-state index contributed by atoms with van der Waals surface area (Å²) in [5.41, 5.74) is 0.591. The molecule has 2 rings (SSSR count). The van der Waals surface area contributed by atoms with Crippen LogP contribution in [0.3, 0.4) is 0 Å². The average Bonchev–Trinajstić information content (AvgIpc) is 2.85. The monoisotopic (exact) mass is 293 g/mol. The van der Waals surface area contributed by atoms with Gasteiger partial charge in [-0.25, -0.2) is 0 Å². The van der Waals surface area contributed by atoms with Gasteiger partial charge in [0, 0.05) is 4.90 Å². The second kappa shape index (κ2) is 6.64. The van der Waals surface area contributed by atoms with Crippen molar-refractivity contribution >= 4 is 17.7 Å². The minimum atomic E-state index is -0.702. The normalized spacial score (nSPS) is 25.8. The minimum absolute atomic E-state index is 0.238. The Bertz CT molecular complexity index is 477. The quantitative estimate of drug-likeness (QED) is 0.790. The molecule has 20 heavy (non-hydrogen) atoms. The molecule has 1 fully saturated rings. The zero-order valence-electron chi connectivity index (χ0n) is 12.2. The number of aliphatic carboxylic acids is 1. The number of hydrogen-bond acceptors (Lipinski definition) is 3. The standard InChI is InChI=1S/C16H23NO2S/c1-12-6-3-4-8-14(12)20-11-9-13-7-5-10-16(13,17-2)15(18)19/h3-4,6,8,13,17H,5,7,9-11H2,1-2H3,(H,18,19). The average molecular weight is 293 g/mol. The van der Waals surface area contributed by atoms with Crippen LogP contribution in [0.25, 0.3) is 0 Å². The van der Waals surface area contributed by atoms with Crippen LogP contribution in [0, 0.1) is 12.8 Å². The van der Waals surface area contributed by atoms with E-state index in [1.165, 1.54) is 10.5 Å². The summed E-state index contributed by atoms with van der Waals surface area (Å²) >= 11 is 1.84. The van der Waals surface area contributed by atoms with Crippen LogP contribution in [0.1, 0.15) is 31.2 Å². The van der Waals surface area contributed by atoms with Crippen LogP contribution >= 0.6 is 11.8 Å². The highest BCUT2D eigenvalue weighted by molar-refractivity contribution is 7.99. The number of rotatable bonds is 6. The van der Waals surface area contributed by atoms with E-state index in [0.29, 0.717) is 0 Å². The molecule has 0 aromatic heterocycles. The van der Waals surface area contributed by atoms with Crippen molar-refractivity contribution in [2.75, 3.05) is 12.8 Å². The third-order valence-corrected chi connectivity index (χ3v) is 5.67. The Hall–Kier alpha value is -1.00. The molecular weight excluding hydrogens is 270 g/mol. The maximum absolute atomic E-state index is 11.6. The van der Waals surface area contributed by atoms with Gasteiger partial charge in [0.1, 0.15) is 5.54 Å². The summed E-state index contributed by atoms with van der Waals surface area (Å²) in [5.74, 6) is 0.525. The van der Waals surface area contributed by atoms with Crippen molar-refractivity contribution in [3.8, 4) is 0 Å². The largest absolute Gasteiger partial charge is 0.480 e. The van der Waals surface area contributed by atoms with Crippen LogP contribution in [0.2, 0.25) is 0 Å². The van der Waals surface area contributed by atoms with E-state index in [2.05, 4.69) is 30.4 Å². The highest BCUT2D eigenvalue weighted by Gasteiger charge is 2.47. The van der Waals surface area contributed by atoms with Gasteiger partial charge in [-0.05, 0) is 56.5 Å². The van der Waals surface area contributed by atoms with Gasteiger partial charge in [-0.15, -0.1) is 11.8 Å². The van der Waals surface area contributed by atoms with Gasteiger partial charge in [-0.2, -0.15) is 0 Å². The summed E-state index contributed by atoms with van der Waals surface area (Å²) in [7, 11) is 1.78. The predicted octanol–water partition coefficient (Wildman–Crippen LogP) is 3.32. The Morgan fingerprint density at radius 2 is 2.25 bits per heavy atom. The van der Waals surface area contributed by atoms with Crippen LogP contribution in [0.5, 0.6) is 0 Å². The van der Waals surface area contributed by atoms with E-state index in [1.807, 2.05) is 17.8 Å². The van der Waals surface area contributed by atoms with E-state index in [-0.39, 0.29) is 5.92 Å². The van der Waals surface area contributed by atoms with Crippen molar-refractivity contribution < 1.29 is 9.90 Å². The third-order valence-electron chi connectivity index (χ3n) is 4.47. The van der Waals surface area contributed by atoms with E-state index >= 15 is 0 Å². The zero-order valence-corrected chi connectivity index (χ0v) is 13.0. The Labute approximate surface area is 125 Å².